The van der Waals surface area contributed by atoms with Gasteiger partial charge in [0.25, 0.3) is 0 Å². The van der Waals surface area contributed by atoms with Crippen molar-refractivity contribution in [2.24, 2.45) is 0 Å². The molecule has 2 nitrogen and oxygen atoms in total. The Morgan fingerprint density at radius 1 is 1.31 bits per heavy atom. The summed E-state index contributed by atoms with van der Waals surface area (Å²) in [5.74, 6) is 2.07. The largest absolute Gasteiger partial charge is 0.396 e. The van der Waals surface area contributed by atoms with Crippen LogP contribution in [0.5, 0.6) is 0 Å². The SMILES string of the molecule is CCNC(CC)CCCSCCO. The molecule has 0 rings (SSSR count). The molecule has 0 aromatic carbocycles. The van der Waals surface area contributed by atoms with Crippen molar-refractivity contribution < 1.29 is 5.11 Å². The predicted molar refractivity (Wildman–Crippen MR) is 61.4 cm³/mol. The summed E-state index contributed by atoms with van der Waals surface area (Å²) < 4.78 is 0. The lowest BCUT2D eigenvalue weighted by atomic mass is 10.1. The van der Waals surface area contributed by atoms with Crippen molar-refractivity contribution in [2.75, 3.05) is 24.7 Å². The minimum absolute atomic E-state index is 0.315. The van der Waals surface area contributed by atoms with Crippen molar-refractivity contribution in [3.8, 4) is 0 Å². The van der Waals surface area contributed by atoms with Gasteiger partial charge in [0.15, 0.2) is 0 Å². The fourth-order valence-electron chi connectivity index (χ4n) is 1.34. The Bertz CT molecular complexity index is 101. The van der Waals surface area contributed by atoms with Crippen LogP contribution in [-0.2, 0) is 0 Å². The molecule has 0 heterocycles. The minimum atomic E-state index is 0.315. The van der Waals surface area contributed by atoms with E-state index in [1.807, 2.05) is 11.8 Å². The first-order valence-corrected chi connectivity index (χ1v) is 6.42. The highest BCUT2D eigenvalue weighted by Crippen LogP contribution is 2.07. The third kappa shape index (κ3) is 8.60. The molecule has 0 aromatic rings. The normalized spacial score (nSPS) is 13.2. The lowest BCUT2D eigenvalue weighted by Gasteiger charge is -2.14. The molecule has 0 aliphatic rings. The van der Waals surface area contributed by atoms with E-state index in [0.717, 1.165) is 12.3 Å². The number of hydrogen-bond donors (Lipinski definition) is 2. The van der Waals surface area contributed by atoms with Crippen molar-refractivity contribution in [2.45, 2.75) is 39.2 Å². The van der Waals surface area contributed by atoms with Gasteiger partial charge in [-0.25, -0.2) is 0 Å². The Balaban J connectivity index is 3.17. The minimum Gasteiger partial charge on any atom is -0.396 e. The molecule has 1 unspecified atom stereocenters. The van der Waals surface area contributed by atoms with Gasteiger partial charge in [-0.1, -0.05) is 13.8 Å². The summed E-state index contributed by atoms with van der Waals surface area (Å²) in [5, 5.41) is 12.0. The average molecular weight is 205 g/mol. The first kappa shape index (κ1) is 13.3. The van der Waals surface area contributed by atoms with Crippen LogP contribution in [-0.4, -0.2) is 35.8 Å². The molecule has 0 amide bonds. The van der Waals surface area contributed by atoms with Crippen molar-refractivity contribution >= 4 is 11.8 Å². The van der Waals surface area contributed by atoms with E-state index in [2.05, 4.69) is 19.2 Å². The van der Waals surface area contributed by atoms with E-state index in [1.54, 1.807) is 0 Å². The highest BCUT2D eigenvalue weighted by atomic mass is 32.2. The maximum Gasteiger partial charge on any atom is 0.0521 e. The van der Waals surface area contributed by atoms with Crippen LogP contribution in [0.1, 0.15) is 33.1 Å². The molecule has 0 saturated carbocycles. The predicted octanol–water partition coefficient (Wildman–Crippen LogP) is 1.88. The van der Waals surface area contributed by atoms with Crippen LogP contribution in [0.2, 0.25) is 0 Å². The van der Waals surface area contributed by atoms with Crippen molar-refractivity contribution in [3.63, 3.8) is 0 Å². The summed E-state index contributed by atoms with van der Waals surface area (Å²) in [6, 6.07) is 0.694. The van der Waals surface area contributed by atoms with Gasteiger partial charge in [0.05, 0.1) is 6.61 Å². The second-order valence-corrected chi connectivity index (χ2v) is 4.37. The molecule has 80 valence electrons. The van der Waals surface area contributed by atoms with Crippen LogP contribution in [0.3, 0.4) is 0 Å². The molecule has 0 saturated heterocycles. The van der Waals surface area contributed by atoms with Gasteiger partial charge in [-0.05, 0) is 31.6 Å². The molecule has 1 atom stereocenters. The zero-order valence-electron chi connectivity index (χ0n) is 8.88. The average Bonchev–Trinajstić information content (AvgIpc) is 2.16. The van der Waals surface area contributed by atoms with Gasteiger partial charge in [0.1, 0.15) is 0 Å². The molecule has 0 fully saturated rings. The second-order valence-electron chi connectivity index (χ2n) is 3.14. The molecule has 3 heteroatoms. The first-order valence-electron chi connectivity index (χ1n) is 5.27. The molecule has 0 aliphatic heterocycles. The molecule has 0 spiro atoms. The topological polar surface area (TPSA) is 32.3 Å². The molecule has 0 aliphatic carbocycles. The van der Waals surface area contributed by atoms with E-state index < -0.39 is 0 Å². The number of nitrogens with one attached hydrogen (secondary N) is 1. The van der Waals surface area contributed by atoms with Crippen molar-refractivity contribution in [1.82, 2.24) is 5.32 Å². The highest BCUT2D eigenvalue weighted by molar-refractivity contribution is 7.99. The summed E-state index contributed by atoms with van der Waals surface area (Å²) in [6.07, 6.45) is 3.75. The fourth-order valence-corrected chi connectivity index (χ4v) is 2.04. The van der Waals surface area contributed by atoms with Crippen molar-refractivity contribution in [1.29, 1.82) is 0 Å². The van der Waals surface area contributed by atoms with Gasteiger partial charge >= 0.3 is 0 Å². The van der Waals surface area contributed by atoms with Crippen LogP contribution in [0.4, 0.5) is 0 Å². The number of aliphatic hydroxyl groups excluding tert-OH is 1. The first-order chi connectivity index (χ1) is 6.35. The van der Waals surface area contributed by atoms with Gasteiger partial charge in [-0.15, -0.1) is 0 Å². The highest BCUT2D eigenvalue weighted by Gasteiger charge is 2.02. The zero-order valence-corrected chi connectivity index (χ0v) is 9.70. The van der Waals surface area contributed by atoms with Crippen LogP contribution in [0, 0.1) is 0 Å². The van der Waals surface area contributed by atoms with Crippen LogP contribution < -0.4 is 5.32 Å². The quantitative estimate of drug-likeness (QED) is 0.564. The lowest BCUT2D eigenvalue weighted by Crippen LogP contribution is -2.28. The molecule has 0 radical (unpaired) electrons. The van der Waals surface area contributed by atoms with Gasteiger partial charge < -0.3 is 10.4 Å². The number of rotatable bonds is 9. The summed E-state index contributed by atoms with van der Waals surface area (Å²) in [5.41, 5.74) is 0. The Morgan fingerprint density at radius 2 is 2.08 bits per heavy atom. The standard InChI is InChI=1S/C10H23NOS/c1-3-10(11-4-2)6-5-8-13-9-7-12/h10-12H,3-9H2,1-2H3. The molecular weight excluding hydrogens is 182 g/mol. The maximum absolute atomic E-state index is 8.57. The van der Waals surface area contributed by atoms with Crippen LogP contribution in [0.25, 0.3) is 0 Å². The summed E-state index contributed by atoms with van der Waals surface area (Å²) in [7, 11) is 0. The van der Waals surface area contributed by atoms with Crippen LogP contribution >= 0.6 is 11.8 Å². The van der Waals surface area contributed by atoms with Gasteiger partial charge in [0.2, 0.25) is 0 Å². The third-order valence-electron chi connectivity index (χ3n) is 2.06. The molecule has 0 bridgehead atoms. The lowest BCUT2D eigenvalue weighted by molar-refractivity contribution is 0.322. The Labute approximate surface area is 86.5 Å². The van der Waals surface area contributed by atoms with E-state index in [9.17, 15) is 0 Å². The van der Waals surface area contributed by atoms with E-state index in [4.69, 9.17) is 5.11 Å². The van der Waals surface area contributed by atoms with E-state index in [0.29, 0.717) is 12.6 Å². The monoisotopic (exact) mass is 205 g/mol. The Kier molecular flexibility index (Phi) is 10.6. The maximum atomic E-state index is 8.57. The number of thioether (sulfide) groups is 1. The molecular formula is C10H23NOS. The zero-order chi connectivity index (χ0) is 9.94. The van der Waals surface area contributed by atoms with E-state index in [-0.39, 0.29) is 0 Å². The van der Waals surface area contributed by atoms with Gasteiger partial charge in [-0.2, -0.15) is 11.8 Å². The smallest absolute Gasteiger partial charge is 0.0521 e. The molecule has 0 aromatic heterocycles. The summed E-state index contributed by atoms with van der Waals surface area (Å²) >= 11 is 1.85. The number of aliphatic hydroxyl groups is 1. The van der Waals surface area contributed by atoms with Crippen molar-refractivity contribution in [3.05, 3.63) is 0 Å². The molecule has 2 N–H and O–H groups in total. The van der Waals surface area contributed by atoms with Crippen LogP contribution in [0.15, 0.2) is 0 Å². The summed E-state index contributed by atoms with van der Waals surface area (Å²) in [4.78, 5) is 0. The Morgan fingerprint density at radius 3 is 2.62 bits per heavy atom. The van der Waals surface area contributed by atoms with E-state index in [1.165, 1.54) is 25.0 Å². The third-order valence-corrected chi connectivity index (χ3v) is 3.11. The van der Waals surface area contributed by atoms with Gasteiger partial charge in [0, 0.05) is 11.8 Å². The Hall–Kier alpha value is 0.270. The van der Waals surface area contributed by atoms with E-state index >= 15 is 0 Å². The molecule has 13 heavy (non-hydrogen) atoms. The second kappa shape index (κ2) is 10.4. The summed E-state index contributed by atoms with van der Waals surface area (Å²) in [6.45, 7) is 5.77. The van der Waals surface area contributed by atoms with Gasteiger partial charge in [-0.3, -0.25) is 0 Å². The fraction of sp³-hybridized carbons (Fsp3) is 1.00. The number of hydrogen-bond acceptors (Lipinski definition) is 3.